The molecule has 0 spiro atoms. The number of nitrogens with one attached hydrogen (secondary N) is 2. The number of hydrogen-bond acceptors (Lipinski definition) is 8. The Kier molecular flexibility index (Phi) is 7.19. The number of nitrogens with zero attached hydrogens (tertiary/aromatic N) is 5. The van der Waals surface area contributed by atoms with Crippen LogP contribution in [0.1, 0.15) is 20.7 Å². The van der Waals surface area contributed by atoms with E-state index in [1.807, 2.05) is 73.6 Å². The van der Waals surface area contributed by atoms with Crippen molar-refractivity contribution in [3.63, 3.8) is 0 Å². The van der Waals surface area contributed by atoms with Gasteiger partial charge in [0.05, 0.1) is 28.8 Å². The number of carbonyl (C=O) groups excluding carboxylic acids is 3. The molecule has 0 radical (unpaired) electrons. The van der Waals surface area contributed by atoms with Crippen LogP contribution in [0.5, 0.6) is 0 Å². The fourth-order valence-corrected chi connectivity index (χ4v) is 5.18. The number of carbonyl (C=O) groups is 3. The number of benzene rings is 3. The van der Waals surface area contributed by atoms with Crippen molar-refractivity contribution in [1.82, 2.24) is 25.4 Å². The zero-order valence-electron chi connectivity index (χ0n) is 22.6. The molecule has 3 aromatic carbocycles. The lowest BCUT2D eigenvalue weighted by Gasteiger charge is -2.16. The highest BCUT2D eigenvalue weighted by Crippen LogP contribution is 2.36. The van der Waals surface area contributed by atoms with E-state index in [0.29, 0.717) is 16.7 Å². The standard InChI is InChI=1S/C31H24BrN7O3/c1-38(2)21-12-10-18(11-13-21)25-15-24(19-6-5-7-20(32)14-19)27-28(36-25)33-17-34-29(27)37-26(40)16-35-39-30(41)22-8-3-4-9-23(22)31(39)42/h3-15,17,35H,16H2,1-2H3,(H,33,34,36,37,40). The van der Waals surface area contributed by atoms with Gasteiger partial charge in [0.15, 0.2) is 5.65 Å². The topological polar surface area (TPSA) is 120 Å². The average molecular weight is 622 g/mol. The second-order valence-corrected chi connectivity index (χ2v) is 10.7. The number of hydrazine groups is 1. The third kappa shape index (κ3) is 5.11. The van der Waals surface area contributed by atoms with Crippen LogP contribution in [0.15, 0.2) is 89.7 Å². The SMILES string of the molecule is CN(C)c1ccc(-c2cc(-c3cccc(Br)c3)c3c(NC(=O)CNN4C(=O)c5ccccc5C4=O)ncnc3n2)cc1. The Hall–Kier alpha value is -5.00. The molecule has 42 heavy (non-hydrogen) atoms. The number of rotatable bonds is 7. The smallest absolute Gasteiger partial charge is 0.276 e. The molecular weight excluding hydrogens is 598 g/mol. The minimum atomic E-state index is -0.511. The van der Waals surface area contributed by atoms with Gasteiger partial charge in [-0.1, -0.05) is 52.3 Å². The molecule has 11 heteroatoms. The van der Waals surface area contributed by atoms with Crippen molar-refractivity contribution >= 4 is 56.2 Å². The maximum absolute atomic E-state index is 13.1. The highest BCUT2D eigenvalue weighted by molar-refractivity contribution is 9.10. The van der Waals surface area contributed by atoms with Gasteiger partial charge in [0.2, 0.25) is 5.91 Å². The van der Waals surface area contributed by atoms with Gasteiger partial charge in [0, 0.05) is 29.8 Å². The largest absolute Gasteiger partial charge is 0.378 e. The maximum Gasteiger partial charge on any atom is 0.276 e. The van der Waals surface area contributed by atoms with E-state index in [4.69, 9.17) is 4.98 Å². The number of fused-ring (bicyclic) bond motifs is 2. The minimum absolute atomic E-state index is 0.256. The number of halogens is 1. The summed E-state index contributed by atoms with van der Waals surface area (Å²) in [6, 6.07) is 24.3. The molecule has 3 heterocycles. The van der Waals surface area contributed by atoms with Gasteiger partial charge >= 0.3 is 0 Å². The summed E-state index contributed by atoms with van der Waals surface area (Å²) in [6.45, 7) is -0.340. The Morgan fingerprint density at radius 2 is 1.57 bits per heavy atom. The van der Waals surface area contributed by atoms with Gasteiger partial charge in [-0.25, -0.2) is 25.4 Å². The van der Waals surface area contributed by atoms with E-state index in [-0.39, 0.29) is 23.5 Å². The minimum Gasteiger partial charge on any atom is -0.378 e. The van der Waals surface area contributed by atoms with E-state index in [2.05, 4.69) is 36.6 Å². The molecule has 1 aliphatic rings. The summed E-state index contributed by atoms with van der Waals surface area (Å²) in [5.74, 6) is -1.27. The van der Waals surface area contributed by atoms with Crippen LogP contribution in [0.2, 0.25) is 0 Å². The lowest BCUT2D eigenvalue weighted by molar-refractivity contribution is -0.115. The molecule has 0 saturated heterocycles. The second-order valence-electron chi connectivity index (χ2n) is 9.80. The molecule has 5 aromatic rings. The summed E-state index contributed by atoms with van der Waals surface area (Å²) in [4.78, 5) is 54.0. The molecule has 0 aliphatic carbocycles. The molecular formula is C31H24BrN7O3. The first-order chi connectivity index (χ1) is 20.3. The quantitative estimate of drug-likeness (QED) is 0.246. The van der Waals surface area contributed by atoms with Crippen LogP contribution in [-0.4, -0.2) is 58.3 Å². The van der Waals surface area contributed by atoms with Gasteiger partial charge in [0.1, 0.15) is 12.1 Å². The van der Waals surface area contributed by atoms with E-state index in [9.17, 15) is 14.4 Å². The second kappa shape index (κ2) is 11.1. The molecule has 0 saturated carbocycles. The number of hydrogen-bond donors (Lipinski definition) is 2. The Morgan fingerprint density at radius 3 is 2.24 bits per heavy atom. The first-order valence-electron chi connectivity index (χ1n) is 13.0. The Balaban J connectivity index is 1.33. The molecule has 6 rings (SSSR count). The van der Waals surface area contributed by atoms with Gasteiger partial charge in [-0.05, 0) is 53.6 Å². The van der Waals surface area contributed by atoms with E-state index in [1.165, 1.54) is 6.33 Å². The maximum atomic E-state index is 13.1. The first-order valence-corrected chi connectivity index (χ1v) is 13.8. The van der Waals surface area contributed by atoms with E-state index in [0.717, 1.165) is 31.9 Å². The van der Waals surface area contributed by atoms with Crippen LogP contribution in [-0.2, 0) is 4.79 Å². The highest BCUT2D eigenvalue weighted by Gasteiger charge is 2.35. The van der Waals surface area contributed by atoms with Crippen molar-refractivity contribution in [2.24, 2.45) is 0 Å². The van der Waals surface area contributed by atoms with Crippen molar-refractivity contribution < 1.29 is 14.4 Å². The van der Waals surface area contributed by atoms with E-state index in [1.54, 1.807) is 24.3 Å². The summed E-state index contributed by atoms with van der Waals surface area (Å²) in [5, 5.41) is 4.21. The zero-order valence-corrected chi connectivity index (χ0v) is 24.2. The molecule has 0 unspecified atom stereocenters. The Bertz CT molecular complexity index is 1840. The van der Waals surface area contributed by atoms with Crippen molar-refractivity contribution in [2.75, 3.05) is 30.9 Å². The summed E-state index contributed by atoms with van der Waals surface area (Å²) < 4.78 is 0.884. The fraction of sp³-hybridized carbons (Fsp3) is 0.0968. The molecule has 2 aromatic heterocycles. The predicted octanol–water partition coefficient (Wildman–Crippen LogP) is 4.93. The van der Waals surface area contributed by atoms with Crippen LogP contribution < -0.4 is 15.6 Å². The summed E-state index contributed by atoms with van der Waals surface area (Å²) in [7, 11) is 3.97. The van der Waals surface area contributed by atoms with Crippen LogP contribution >= 0.6 is 15.9 Å². The number of imide groups is 1. The molecule has 0 fully saturated rings. The number of aromatic nitrogens is 3. The first kappa shape index (κ1) is 27.2. The Morgan fingerprint density at radius 1 is 0.857 bits per heavy atom. The molecule has 10 nitrogen and oxygen atoms in total. The molecule has 3 amide bonds. The van der Waals surface area contributed by atoms with Crippen molar-refractivity contribution in [3.05, 3.63) is 101 Å². The molecule has 0 atom stereocenters. The lowest BCUT2D eigenvalue weighted by Crippen LogP contribution is -2.45. The fourth-order valence-electron chi connectivity index (χ4n) is 4.78. The van der Waals surface area contributed by atoms with Gasteiger partial charge in [-0.3, -0.25) is 14.4 Å². The number of amides is 3. The highest BCUT2D eigenvalue weighted by atomic mass is 79.9. The van der Waals surface area contributed by atoms with Crippen molar-refractivity contribution in [3.8, 4) is 22.4 Å². The average Bonchev–Trinajstić information content (AvgIpc) is 3.24. The summed E-state index contributed by atoms with van der Waals surface area (Å²) >= 11 is 3.55. The third-order valence-electron chi connectivity index (χ3n) is 6.87. The zero-order chi connectivity index (χ0) is 29.4. The van der Waals surface area contributed by atoms with Crippen LogP contribution in [0.4, 0.5) is 11.5 Å². The van der Waals surface area contributed by atoms with Crippen LogP contribution in [0.25, 0.3) is 33.4 Å². The molecule has 1 aliphatic heterocycles. The van der Waals surface area contributed by atoms with Gasteiger partial charge < -0.3 is 10.2 Å². The van der Waals surface area contributed by atoms with Crippen molar-refractivity contribution in [2.45, 2.75) is 0 Å². The van der Waals surface area contributed by atoms with E-state index >= 15 is 0 Å². The summed E-state index contributed by atoms with van der Waals surface area (Å²) in [5.41, 5.74) is 7.96. The monoisotopic (exact) mass is 621 g/mol. The predicted molar refractivity (Wildman–Crippen MR) is 164 cm³/mol. The van der Waals surface area contributed by atoms with Crippen molar-refractivity contribution in [1.29, 1.82) is 0 Å². The van der Waals surface area contributed by atoms with E-state index < -0.39 is 17.7 Å². The van der Waals surface area contributed by atoms with Gasteiger partial charge in [-0.15, -0.1) is 0 Å². The van der Waals surface area contributed by atoms with Crippen LogP contribution in [0, 0.1) is 0 Å². The lowest BCUT2D eigenvalue weighted by atomic mass is 9.99. The third-order valence-corrected chi connectivity index (χ3v) is 7.36. The van der Waals surface area contributed by atoms with Gasteiger partial charge in [-0.2, -0.15) is 0 Å². The molecule has 2 N–H and O–H groups in total. The number of pyridine rings is 1. The van der Waals surface area contributed by atoms with Gasteiger partial charge in [0.25, 0.3) is 11.8 Å². The number of anilines is 2. The molecule has 0 bridgehead atoms. The Labute approximate surface area is 249 Å². The normalized spacial score (nSPS) is 12.5. The van der Waals surface area contributed by atoms with Crippen LogP contribution in [0.3, 0.4) is 0 Å². The summed E-state index contributed by atoms with van der Waals surface area (Å²) in [6.07, 6.45) is 1.34. The molecule has 208 valence electrons.